The summed E-state index contributed by atoms with van der Waals surface area (Å²) >= 11 is 2.87. The van der Waals surface area contributed by atoms with Gasteiger partial charge in [0.15, 0.2) is 5.13 Å². The van der Waals surface area contributed by atoms with Crippen LogP contribution < -0.4 is 4.90 Å². The number of amides is 1. The van der Waals surface area contributed by atoms with Gasteiger partial charge in [-0.2, -0.15) is 0 Å². The molecule has 0 atom stereocenters. The van der Waals surface area contributed by atoms with E-state index in [4.69, 9.17) is 0 Å². The van der Waals surface area contributed by atoms with E-state index in [-0.39, 0.29) is 17.2 Å². The molecule has 2 heterocycles. The maximum Gasteiger partial charge on any atom is 0.239 e. The molecule has 0 aliphatic rings. The van der Waals surface area contributed by atoms with E-state index in [1.54, 1.807) is 9.58 Å². The molecule has 7 nitrogen and oxygen atoms in total. The van der Waals surface area contributed by atoms with Gasteiger partial charge in [0.25, 0.3) is 0 Å². The van der Waals surface area contributed by atoms with E-state index < -0.39 is 0 Å². The van der Waals surface area contributed by atoms with Crippen LogP contribution in [0.3, 0.4) is 0 Å². The number of nitrogens with zero attached hydrogens (tertiary/aromatic N) is 6. The number of rotatable bonds is 5. The second kappa shape index (κ2) is 7.09. The Bertz CT molecular complexity index is 849. The number of carbonyl (C=O) groups excluding carboxylic acids is 1. The third-order valence-electron chi connectivity index (χ3n) is 3.53. The Labute approximate surface area is 154 Å². The molecule has 1 amide bonds. The summed E-state index contributed by atoms with van der Waals surface area (Å²) in [5, 5.41) is 13.1. The lowest BCUT2D eigenvalue weighted by atomic mass is 10.1. The SMILES string of the molecule is CCN(C(=O)CSc1nnnn1C(C)(C)C)c1nc2ccccc2s1. The molecule has 9 heteroatoms. The first kappa shape index (κ1) is 17.8. The number of thioether (sulfide) groups is 1. The molecule has 0 fully saturated rings. The minimum absolute atomic E-state index is 0.00462. The van der Waals surface area contributed by atoms with E-state index >= 15 is 0 Å². The van der Waals surface area contributed by atoms with Gasteiger partial charge in [-0.1, -0.05) is 35.2 Å². The highest BCUT2D eigenvalue weighted by Gasteiger charge is 2.23. The number of carbonyl (C=O) groups is 1. The number of fused-ring (bicyclic) bond motifs is 1. The van der Waals surface area contributed by atoms with Crippen molar-refractivity contribution in [3.05, 3.63) is 24.3 Å². The summed E-state index contributed by atoms with van der Waals surface area (Å²) in [6.45, 7) is 8.59. The van der Waals surface area contributed by atoms with E-state index in [0.29, 0.717) is 11.7 Å². The Hall–Kier alpha value is -2.00. The van der Waals surface area contributed by atoms with Crippen molar-refractivity contribution >= 4 is 44.4 Å². The van der Waals surface area contributed by atoms with Gasteiger partial charge >= 0.3 is 0 Å². The molecule has 0 saturated carbocycles. The molecule has 0 saturated heterocycles. The van der Waals surface area contributed by atoms with E-state index in [9.17, 15) is 4.79 Å². The van der Waals surface area contributed by atoms with Gasteiger partial charge in [0.05, 0.1) is 21.5 Å². The van der Waals surface area contributed by atoms with Crippen molar-refractivity contribution in [1.29, 1.82) is 0 Å². The number of hydrogen-bond donors (Lipinski definition) is 0. The fourth-order valence-corrected chi connectivity index (χ4v) is 4.27. The summed E-state index contributed by atoms with van der Waals surface area (Å²) in [5.74, 6) is 0.259. The van der Waals surface area contributed by atoms with E-state index in [2.05, 4.69) is 20.5 Å². The van der Waals surface area contributed by atoms with Crippen LogP contribution in [0.2, 0.25) is 0 Å². The predicted molar refractivity (Wildman–Crippen MR) is 101 cm³/mol. The average molecular weight is 377 g/mol. The van der Waals surface area contributed by atoms with Gasteiger partial charge in [-0.15, -0.1) is 5.10 Å². The van der Waals surface area contributed by atoms with Crippen LogP contribution in [-0.4, -0.2) is 43.4 Å². The zero-order chi connectivity index (χ0) is 18.0. The minimum Gasteiger partial charge on any atom is -0.288 e. The normalized spacial score (nSPS) is 11.8. The van der Waals surface area contributed by atoms with Crippen molar-refractivity contribution in [1.82, 2.24) is 25.2 Å². The van der Waals surface area contributed by atoms with Crippen LogP contribution in [0.5, 0.6) is 0 Å². The molecular weight excluding hydrogens is 356 g/mol. The van der Waals surface area contributed by atoms with Crippen molar-refractivity contribution in [3.8, 4) is 0 Å². The van der Waals surface area contributed by atoms with Crippen LogP contribution >= 0.6 is 23.1 Å². The molecule has 0 N–H and O–H groups in total. The van der Waals surface area contributed by atoms with Gasteiger partial charge in [0, 0.05) is 6.54 Å². The monoisotopic (exact) mass is 376 g/mol. The van der Waals surface area contributed by atoms with Crippen LogP contribution in [0.15, 0.2) is 29.4 Å². The van der Waals surface area contributed by atoms with Crippen molar-refractivity contribution in [3.63, 3.8) is 0 Å². The van der Waals surface area contributed by atoms with E-state index in [1.165, 1.54) is 23.1 Å². The first-order valence-electron chi connectivity index (χ1n) is 7.97. The molecule has 3 rings (SSSR count). The lowest BCUT2D eigenvalue weighted by Crippen LogP contribution is -2.32. The Kier molecular flexibility index (Phi) is 5.05. The standard InChI is InChI=1S/C16H20N6OS2/c1-5-21(14-17-11-8-6-7-9-12(11)25-14)13(23)10-24-15-18-19-20-22(15)16(2,3)4/h6-9H,5,10H2,1-4H3. The Morgan fingerprint density at radius 1 is 1.32 bits per heavy atom. The largest absolute Gasteiger partial charge is 0.288 e. The van der Waals surface area contributed by atoms with Crippen molar-refractivity contribution < 1.29 is 4.79 Å². The molecule has 0 aliphatic carbocycles. The highest BCUT2D eigenvalue weighted by Crippen LogP contribution is 2.29. The Morgan fingerprint density at radius 2 is 2.08 bits per heavy atom. The summed E-state index contributed by atoms with van der Waals surface area (Å²) in [6.07, 6.45) is 0. The molecule has 0 spiro atoms. The van der Waals surface area contributed by atoms with Crippen LogP contribution in [0, 0.1) is 0 Å². The zero-order valence-electron chi connectivity index (χ0n) is 14.6. The predicted octanol–water partition coefficient (Wildman–Crippen LogP) is 3.18. The fraction of sp³-hybridized carbons (Fsp3) is 0.438. The third kappa shape index (κ3) is 3.82. The third-order valence-corrected chi connectivity index (χ3v) is 5.50. The summed E-state index contributed by atoms with van der Waals surface area (Å²) < 4.78 is 2.81. The smallest absolute Gasteiger partial charge is 0.239 e. The van der Waals surface area contributed by atoms with Crippen LogP contribution in [0.25, 0.3) is 10.2 Å². The highest BCUT2D eigenvalue weighted by molar-refractivity contribution is 7.99. The summed E-state index contributed by atoms with van der Waals surface area (Å²) in [6, 6.07) is 7.90. The van der Waals surface area contributed by atoms with Gasteiger partial charge in [0.1, 0.15) is 0 Å². The Balaban J connectivity index is 1.74. The Morgan fingerprint density at radius 3 is 2.76 bits per heavy atom. The van der Waals surface area contributed by atoms with Gasteiger partial charge in [0.2, 0.25) is 11.1 Å². The number of benzene rings is 1. The molecule has 1 aromatic carbocycles. The van der Waals surface area contributed by atoms with Crippen molar-refractivity contribution in [2.75, 3.05) is 17.2 Å². The maximum atomic E-state index is 12.7. The minimum atomic E-state index is -0.230. The van der Waals surface area contributed by atoms with Crippen molar-refractivity contribution in [2.24, 2.45) is 0 Å². The molecule has 132 valence electrons. The number of para-hydroxylation sites is 1. The summed E-state index contributed by atoms with van der Waals surface area (Å²) in [4.78, 5) is 19.0. The number of anilines is 1. The van der Waals surface area contributed by atoms with Gasteiger partial charge in [-0.3, -0.25) is 9.69 Å². The number of thiazole rings is 1. The number of hydrogen-bond acceptors (Lipinski definition) is 7. The van der Waals surface area contributed by atoms with Crippen LogP contribution in [-0.2, 0) is 10.3 Å². The second-order valence-electron chi connectivity index (χ2n) is 6.43. The summed E-state index contributed by atoms with van der Waals surface area (Å²) in [5.41, 5.74) is 0.685. The molecule has 3 aromatic rings. The van der Waals surface area contributed by atoms with Gasteiger partial charge < -0.3 is 0 Å². The van der Waals surface area contributed by atoms with Crippen LogP contribution in [0.4, 0.5) is 5.13 Å². The quantitative estimate of drug-likeness (QED) is 0.637. The van der Waals surface area contributed by atoms with Gasteiger partial charge in [-0.05, 0) is 50.3 Å². The lowest BCUT2D eigenvalue weighted by Gasteiger charge is -2.20. The molecule has 0 aliphatic heterocycles. The second-order valence-corrected chi connectivity index (χ2v) is 8.39. The summed E-state index contributed by atoms with van der Waals surface area (Å²) in [7, 11) is 0. The maximum absolute atomic E-state index is 12.7. The zero-order valence-corrected chi connectivity index (χ0v) is 16.3. The van der Waals surface area contributed by atoms with Gasteiger partial charge in [-0.25, -0.2) is 9.67 Å². The first-order valence-corrected chi connectivity index (χ1v) is 9.78. The molecule has 0 unspecified atom stereocenters. The lowest BCUT2D eigenvalue weighted by molar-refractivity contribution is -0.116. The molecular formula is C16H20N6OS2. The number of tetrazole rings is 1. The fourth-order valence-electron chi connectivity index (χ4n) is 2.29. The first-order chi connectivity index (χ1) is 11.9. The molecule has 0 radical (unpaired) electrons. The average Bonchev–Trinajstić information content (AvgIpc) is 3.19. The van der Waals surface area contributed by atoms with Crippen molar-refractivity contribution in [2.45, 2.75) is 38.4 Å². The van der Waals surface area contributed by atoms with E-state index in [1.807, 2.05) is 52.0 Å². The number of aromatic nitrogens is 5. The topological polar surface area (TPSA) is 76.8 Å². The molecule has 2 aromatic heterocycles. The molecule has 0 bridgehead atoms. The highest BCUT2D eigenvalue weighted by atomic mass is 32.2. The van der Waals surface area contributed by atoms with E-state index in [0.717, 1.165) is 15.3 Å². The van der Waals surface area contributed by atoms with Crippen LogP contribution in [0.1, 0.15) is 27.7 Å². The molecule has 25 heavy (non-hydrogen) atoms.